The predicted octanol–water partition coefficient (Wildman–Crippen LogP) is 3.46. The summed E-state index contributed by atoms with van der Waals surface area (Å²) < 4.78 is 66.4. The van der Waals surface area contributed by atoms with E-state index >= 15 is 8.78 Å². The van der Waals surface area contributed by atoms with Gasteiger partial charge in [-0.2, -0.15) is 8.99 Å². The third-order valence-corrected chi connectivity index (χ3v) is 10.9. The average molecular weight is 577 g/mol. The number of nitrogens with zero attached hydrogens (tertiary/aromatic N) is 4. The van der Waals surface area contributed by atoms with Crippen LogP contribution in [0.1, 0.15) is 63.0 Å². The predicted molar refractivity (Wildman–Crippen MR) is 146 cm³/mol. The first-order chi connectivity index (χ1) is 18.9. The Labute approximate surface area is 232 Å². The minimum Gasteiger partial charge on any atom is -0.391 e. The molecule has 0 radical (unpaired) electrons. The van der Waals surface area contributed by atoms with Crippen molar-refractivity contribution in [3.8, 4) is 0 Å². The molecule has 40 heavy (non-hydrogen) atoms. The lowest BCUT2D eigenvalue weighted by Crippen LogP contribution is -2.54. The summed E-state index contributed by atoms with van der Waals surface area (Å²) in [6, 6.07) is 1.64. The summed E-state index contributed by atoms with van der Waals surface area (Å²) in [5.74, 6) is -2.65. The van der Waals surface area contributed by atoms with E-state index in [1.54, 1.807) is 13.8 Å². The largest absolute Gasteiger partial charge is 0.437 e. The van der Waals surface area contributed by atoms with Crippen LogP contribution in [0.3, 0.4) is 0 Å². The second-order valence-corrected chi connectivity index (χ2v) is 13.6. The molecule has 1 aromatic carbocycles. The van der Waals surface area contributed by atoms with Gasteiger partial charge in [-0.05, 0) is 70.7 Å². The van der Waals surface area contributed by atoms with E-state index < -0.39 is 43.7 Å². The zero-order chi connectivity index (χ0) is 28.9. The molecule has 2 aromatic rings. The lowest BCUT2D eigenvalue weighted by atomic mass is 9.56. The molecule has 2 fully saturated rings. The standard InChI is InChI=1S/C28H34F2N4O5S/c1-18-9-10-24(19-7-5-4-6-8-19)40(37,38)34(18)15-20-13-23(30)21(14-22(20)29)28(16-27(2,36)17-28)25-32-33(12-11-31-3)26(35)39-25/h4-7,13-14,18-19,24,36H,3,8-12,15-17H2,1-2H3/t18-,19?,24+,27?,28?/m0/s1. The number of sulfonamides is 1. The van der Waals surface area contributed by atoms with E-state index in [1.807, 2.05) is 24.3 Å². The highest BCUT2D eigenvalue weighted by molar-refractivity contribution is 7.89. The fraction of sp³-hybridized carbons (Fsp3) is 0.536. The van der Waals surface area contributed by atoms with Gasteiger partial charge in [-0.1, -0.05) is 24.3 Å². The van der Waals surface area contributed by atoms with Crippen molar-refractivity contribution in [2.45, 2.75) is 81.3 Å². The molecule has 3 aliphatic rings. The van der Waals surface area contributed by atoms with Crippen LogP contribution in [0.5, 0.6) is 0 Å². The van der Waals surface area contributed by atoms with Crippen molar-refractivity contribution >= 4 is 16.7 Å². The highest BCUT2D eigenvalue weighted by atomic mass is 32.2. The first-order valence-electron chi connectivity index (χ1n) is 13.4. The topological polar surface area (TPSA) is 118 Å². The zero-order valence-corrected chi connectivity index (χ0v) is 23.4. The van der Waals surface area contributed by atoms with Gasteiger partial charge in [-0.15, -0.1) is 5.10 Å². The van der Waals surface area contributed by atoms with Crippen LogP contribution in [0.15, 0.2) is 50.6 Å². The van der Waals surface area contributed by atoms with Gasteiger partial charge in [0.05, 0.1) is 29.4 Å². The number of rotatable bonds is 8. The van der Waals surface area contributed by atoms with Crippen LogP contribution in [0.4, 0.5) is 8.78 Å². The average Bonchev–Trinajstić information content (AvgIpc) is 3.26. The van der Waals surface area contributed by atoms with Crippen LogP contribution in [-0.4, -0.2) is 57.8 Å². The zero-order valence-electron chi connectivity index (χ0n) is 22.6. The molecule has 1 unspecified atom stereocenters. The number of hydrogen-bond acceptors (Lipinski definition) is 7. The Morgan fingerprint density at radius 1 is 1.23 bits per heavy atom. The van der Waals surface area contributed by atoms with Gasteiger partial charge >= 0.3 is 5.76 Å². The fourth-order valence-electron chi connectivity index (χ4n) is 6.43. The van der Waals surface area contributed by atoms with Crippen molar-refractivity contribution in [2.24, 2.45) is 10.9 Å². The normalized spacial score (nSPS) is 31.7. The quantitative estimate of drug-likeness (QED) is 0.481. The molecule has 9 nitrogen and oxygen atoms in total. The van der Waals surface area contributed by atoms with Crippen LogP contribution in [0.2, 0.25) is 0 Å². The van der Waals surface area contributed by atoms with Gasteiger partial charge < -0.3 is 9.52 Å². The monoisotopic (exact) mass is 576 g/mol. The molecule has 1 aromatic heterocycles. The summed E-state index contributed by atoms with van der Waals surface area (Å²) in [6.45, 7) is 6.71. The Morgan fingerprint density at radius 2 is 1.98 bits per heavy atom. The third kappa shape index (κ3) is 5.01. The summed E-state index contributed by atoms with van der Waals surface area (Å²) in [7, 11) is -3.79. The lowest BCUT2D eigenvalue weighted by Gasteiger charge is -2.49. The van der Waals surface area contributed by atoms with Gasteiger partial charge in [0.2, 0.25) is 15.9 Å². The summed E-state index contributed by atoms with van der Waals surface area (Å²) in [5, 5.41) is 14.1. The van der Waals surface area contributed by atoms with E-state index in [0.717, 1.165) is 16.8 Å². The Kier molecular flexibility index (Phi) is 7.47. The molecule has 0 amide bonds. The second kappa shape index (κ2) is 10.5. The van der Waals surface area contributed by atoms with Gasteiger partial charge in [0, 0.05) is 23.7 Å². The van der Waals surface area contributed by atoms with Crippen LogP contribution in [0, 0.1) is 17.6 Å². The smallest absolute Gasteiger partial charge is 0.391 e. The molecule has 12 heteroatoms. The molecule has 3 atom stereocenters. The summed E-state index contributed by atoms with van der Waals surface area (Å²) in [5.41, 5.74) is -2.78. The highest BCUT2D eigenvalue weighted by Crippen LogP contribution is 2.54. The molecular weight excluding hydrogens is 542 g/mol. The Hall–Kier alpha value is -2.96. The van der Waals surface area contributed by atoms with Crippen molar-refractivity contribution in [2.75, 3.05) is 6.54 Å². The molecule has 1 N–H and O–H groups in total. The van der Waals surface area contributed by atoms with E-state index in [1.165, 1.54) is 4.31 Å². The number of hydrogen-bond donors (Lipinski definition) is 1. The molecule has 2 heterocycles. The lowest BCUT2D eigenvalue weighted by molar-refractivity contribution is -0.0705. The van der Waals surface area contributed by atoms with Crippen molar-refractivity contribution < 1.29 is 26.7 Å². The maximum absolute atomic E-state index is 15.8. The van der Waals surface area contributed by atoms with Gasteiger partial charge in [0.25, 0.3) is 0 Å². The molecular formula is C28H34F2N4O5S. The van der Waals surface area contributed by atoms with E-state index in [-0.39, 0.29) is 61.5 Å². The van der Waals surface area contributed by atoms with Gasteiger partial charge in [0.15, 0.2) is 0 Å². The molecule has 0 bridgehead atoms. The SMILES string of the molecule is C=NCCn1nc(C2(c3cc(F)c(CN4[C@@H](C)CC[C@H](C5C=CC=CC5)S4(=O)=O)cc3F)CC(C)(O)C2)oc1=O. The van der Waals surface area contributed by atoms with E-state index in [4.69, 9.17) is 4.42 Å². The maximum atomic E-state index is 15.8. The van der Waals surface area contributed by atoms with Crippen LogP contribution in [0.25, 0.3) is 0 Å². The minimum atomic E-state index is -3.79. The summed E-state index contributed by atoms with van der Waals surface area (Å²) in [4.78, 5) is 16.1. The highest BCUT2D eigenvalue weighted by Gasteiger charge is 2.58. The van der Waals surface area contributed by atoms with Gasteiger partial charge in [-0.3, -0.25) is 4.99 Å². The number of allylic oxidation sites excluding steroid dienone is 4. The van der Waals surface area contributed by atoms with Crippen molar-refractivity contribution in [3.63, 3.8) is 0 Å². The number of benzene rings is 1. The Balaban J connectivity index is 1.47. The number of aliphatic imine (C=N–C) groups is 1. The van der Waals surface area contributed by atoms with Crippen LogP contribution >= 0.6 is 0 Å². The molecule has 1 aliphatic heterocycles. The van der Waals surface area contributed by atoms with E-state index in [2.05, 4.69) is 16.8 Å². The number of halogens is 2. The molecule has 5 rings (SSSR count). The fourth-order valence-corrected chi connectivity index (χ4v) is 8.79. The molecule has 2 aliphatic carbocycles. The number of aromatic nitrogens is 2. The summed E-state index contributed by atoms with van der Waals surface area (Å²) in [6.07, 6.45) is 9.20. The van der Waals surface area contributed by atoms with Gasteiger partial charge in [0.1, 0.15) is 11.6 Å². The second-order valence-electron chi connectivity index (χ2n) is 11.5. The van der Waals surface area contributed by atoms with Crippen molar-refractivity contribution in [1.82, 2.24) is 14.1 Å². The van der Waals surface area contributed by atoms with Crippen LogP contribution < -0.4 is 5.76 Å². The molecule has 1 saturated carbocycles. The molecule has 216 valence electrons. The Bertz CT molecular complexity index is 1520. The number of aliphatic hydroxyl groups is 1. The minimum absolute atomic E-state index is 0.0437. The first-order valence-corrected chi connectivity index (χ1v) is 14.9. The van der Waals surface area contributed by atoms with Crippen molar-refractivity contribution in [1.29, 1.82) is 0 Å². The van der Waals surface area contributed by atoms with Crippen molar-refractivity contribution in [3.05, 3.63) is 75.6 Å². The van der Waals surface area contributed by atoms with Crippen LogP contribution in [-0.2, 0) is 28.5 Å². The molecule has 1 saturated heterocycles. The van der Waals surface area contributed by atoms with E-state index in [0.29, 0.717) is 19.3 Å². The Morgan fingerprint density at radius 3 is 2.62 bits per heavy atom. The third-order valence-electron chi connectivity index (χ3n) is 8.39. The van der Waals surface area contributed by atoms with Gasteiger partial charge in [-0.25, -0.2) is 22.0 Å². The molecule has 0 spiro atoms. The van der Waals surface area contributed by atoms with E-state index in [9.17, 15) is 18.3 Å². The maximum Gasteiger partial charge on any atom is 0.437 e. The summed E-state index contributed by atoms with van der Waals surface area (Å²) >= 11 is 0. The first kappa shape index (κ1) is 28.6.